The highest BCUT2D eigenvalue weighted by Gasteiger charge is 2.18. The highest BCUT2D eigenvalue weighted by Crippen LogP contribution is 2.27. The van der Waals surface area contributed by atoms with Crippen LogP contribution in [-0.4, -0.2) is 17.5 Å². The minimum absolute atomic E-state index is 0.135. The van der Waals surface area contributed by atoms with Crippen molar-refractivity contribution in [1.29, 1.82) is 0 Å². The van der Waals surface area contributed by atoms with Crippen LogP contribution in [0.4, 0.5) is 4.39 Å². The van der Waals surface area contributed by atoms with Crippen molar-refractivity contribution in [2.75, 3.05) is 11.5 Å². The first-order chi connectivity index (χ1) is 8.65. The highest BCUT2D eigenvalue weighted by atomic mass is 79.9. The van der Waals surface area contributed by atoms with Gasteiger partial charge >= 0.3 is 0 Å². The third-order valence-electron chi connectivity index (χ3n) is 3.47. The summed E-state index contributed by atoms with van der Waals surface area (Å²) >= 11 is 5.49. The zero-order chi connectivity index (χ0) is 13.0. The lowest BCUT2D eigenvalue weighted by Crippen LogP contribution is -2.27. The van der Waals surface area contributed by atoms with Gasteiger partial charge in [-0.2, -0.15) is 11.8 Å². The predicted octanol–water partition coefficient (Wildman–Crippen LogP) is 3.99. The first-order valence-corrected chi connectivity index (χ1v) is 8.37. The van der Waals surface area contributed by atoms with Crippen molar-refractivity contribution in [3.05, 3.63) is 34.1 Å². The minimum Gasteiger partial charge on any atom is -0.327 e. The molecule has 0 aromatic heterocycles. The molecule has 0 radical (unpaired) electrons. The Balaban J connectivity index is 1.89. The highest BCUT2D eigenvalue weighted by molar-refractivity contribution is 9.10. The Labute approximate surface area is 121 Å². The summed E-state index contributed by atoms with van der Waals surface area (Å²) in [5.74, 6) is 3.10. The Hall–Kier alpha value is -0.0600. The zero-order valence-electron chi connectivity index (χ0n) is 10.4. The smallest absolute Gasteiger partial charge is 0.123 e. The molecular weight excluding hydrogens is 313 g/mol. The van der Waals surface area contributed by atoms with Crippen molar-refractivity contribution in [1.82, 2.24) is 0 Å². The molecule has 4 heteroatoms. The first-order valence-electron chi connectivity index (χ1n) is 6.42. The van der Waals surface area contributed by atoms with Crippen LogP contribution in [0.2, 0.25) is 0 Å². The number of hydrogen-bond donors (Lipinski definition) is 1. The molecule has 1 aliphatic rings. The van der Waals surface area contributed by atoms with E-state index in [1.807, 2.05) is 11.8 Å². The van der Waals surface area contributed by atoms with Gasteiger partial charge in [0.25, 0.3) is 0 Å². The Morgan fingerprint density at radius 2 is 2.11 bits per heavy atom. The molecule has 2 N–H and O–H groups in total. The molecule has 0 amide bonds. The first kappa shape index (κ1) is 14.4. The average Bonchev–Trinajstić information content (AvgIpc) is 2.35. The summed E-state index contributed by atoms with van der Waals surface area (Å²) in [4.78, 5) is 0. The van der Waals surface area contributed by atoms with E-state index >= 15 is 0 Å². The number of rotatable bonds is 4. The van der Waals surface area contributed by atoms with E-state index < -0.39 is 0 Å². The van der Waals surface area contributed by atoms with Crippen molar-refractivity contribution in [3.63, 3.8) is 0 Å². The molecule has 18 heavy (non-hydrogen) atoms. The quantitative estimate of drug-likeness (QED) is 0.902. The molecule has 1 nitrogen and oxygen atoms in total. The van der Waals surface area contributed by atoms with Gasteiger partial charge in [0.05, 0.1) is 0 Å². The summed E-state index contributed by atoms with van der Waals surface area (Å²) in [6.07, 6.45) is 4.37. The second-order valence-corrected chi connectivity index (χ2v) is 7.07. The molecule has 0 bridgehead atoms. The van der Waals surface area contributed by atoms with Crippen molar-refractivity contribution in [3.8, 4) is 0 Å². The molecule has 1 fully saturated rings. The van der Waals surface area contributed by atoms with Crippen LogP contribution in [-0.2, 0) is 6.42 Å². The molecule has 0 saturated carbocycles. The number of halogens is 2. The van der Waals surface area contributed by atoms with E-state index in [1.54, 1.807) is 12.1 Å². The molecule has 0 spiro atoms. The van der Waals surface area contributed by atoms with Gasteiger partial charge in [-0.3, -0.25) is 0 Å². The molecule has 1 aliphatic heterocycles. The van der Waals surface area contributed by atoms with E-state index in [2.05, 4.69) is 15.9 Å². The number of hydrogen-bond acceptors (Lipinski definition) is 2. The number of thioether (sulfide) groups is 1. The molecule has 1 unspecified atom stereocenters. The van der Waals surface area contributed by atoms with E-state index in [-0.39, 0.29) is 11.9 Å². The lowest BCUT2D eigenvalue weighted by Gasteiger charge is -2.24. The van der Waals surface area contributed by atoms with Gasteiger partial charge in [-0.25, -0.2) is 4.39 Å². The Bertz CT molecular complexity index is 393. The van der Waals surface area contributed by atoms with Crippen LogP contribution in [0.5, 0.6) is 0 Å². The molecule has 0 aliphatic carbocycles. The van der Waals surface area contributed by atoms with Gasteiger partial charge < -0.3 is 5.73 Å². The van der Waals surface area contributed by atoms with E-state index in [0.717, 1.165) is 28.8 Å². The fraction of sp³-hybridized carbons (Fsp3) is 0.571. The molecular formula is C14H19BrFNS. The third-order valence-corrected chi connectivity index (χ3v) is 5.29. The fourth-order valence-electron chi connectivity index (χ4n) is 2.48. The molecule has 100 valence electrons. The van der Waals surface area contributed by atoms with Crippen LogP contribution in [0.15, 0.2) is 22.7 Å². The van der Waals surface area contributed by atoms with Gasteiger partial charge in [-0.15, -0.1) is 0 Å². The van der Waals surface area contributed by atoms with Gasteiger partial charge in [-0.1, -0.05) is 15.9 Å². The van der Waals surface area contributed by atoms with Gasteiger partial charge in [0.1, 0.15) is 5.82 Å². The van der Waals surface area contributed by atoms with E-state index in [4.69, 9.17) is 5.73 Å². The summed E-state index contributed by atoms with van der Waals surface area (Å²) in [5, 5.41) is 0. The molecule has 2 rings (SSSR count). The van der Waals surface area contributed by atoms with Crippen molar-refractivity contribution < 1.29 is 4.39 Å². The van der Waals surface area contributed by atoms with Crippen LogP contribution in [0.3, 0.4) is 0 Å². The lowest BCUT2D eigenvalue weighted by atomic mass is 9.91. The van der Waals surface area contributed by atoms with Gasteiger partial charge in [0.2, 0.25) is 0 Å². The van der Waals surface area contributed by atoms with Crippen molar-refractivity contribution >= 4 is 27.7 Å². The summed E-state index contributed by atoms with van der Waals surface area (Å²) < 4.78 is 14.1. The van der Waals surface area contributed by atoms with Crippen LogP contribution >= 0.6 is 27.7 Å². The van der Waals surface area contributed by atoms with Gasteiger partial charge in [-0.05, 0) is 66.9 Å². The molecule has 1 heterocycles. The van der Waals surface area contributed by atoms with Crippen LogP contribution in [0, 0.1) is 11.7 Å². The normalized spacial score (nSPS) is 18.8. The van der Waals surface area contributed by atoms with Crippen molar-refractivity contribution in [2.24, 2.45) is 11.7 Å². The maximum absolute atomic E-state index is 13.2. The summed E-state index contributed by atoms with van der Waals surface area (Å²) in [7, 11) is 0. The second kappa shape index (κ2) is 6.92. The Morgan fingerprint density at radius 3 is 2.83 bits per heavy atom. The Morgan fingerprint density at radius 1 is 1.39 bits per heavy atom. The molecule has 1 aromatic carbocycles. The summed E-state index contributed by atoms with van der Waals surface area (Å²) in [5.41, 5.74) is 7.18. The molecule has 1 atom stereocenters. The van der Waals surface area contributed by atoms with Gasteiger partial charge in [0, 0.05) is 10.5 Å². The molecule has 1 aromatic rings. The number of nitrogens with two attached hydrogens (primary N) is 1. The third kappa shape index (κ3) is 4.25. The van der Waals surface area contributed by atoms with E-state index in [9.17, 15) is 4.39 Å². The second-order valence-electron chi connectivity index (χ2n) is 4.99. The fourth-order valence-corrected chi connectivity index (χ4v) is 4.09. The van der Waals surface area contributed by atoms with Gasteiger partial charge in [0.15, 0.2) is 0 Å². The van der Waals surface area contributed by atoms with Crippen LogP contribution in [0.1, 0.15) is 24.8 Å². The summed E-state index contributed by atoms with van der Waals surface area (Å²) in [6.45, 7) is 0. The zero-order valence-corrected chi connectivity index (χ0v) is 12.8. The van der Waals surface area contributed by atoms with Crippen molar-refractivity contribution in [2.45, 2.75) is 31.7 Å². The minimum atomic E-state index is -0.186. The Kier molecular flexibility index (Phi) is 5.52. The van der Waals surface area contributed by atoms with Crippen LogP contribution in [0.25, 0.3) is 0 Å². The lowest BCUT2D eigenvalue weighted by molar-refractivity contribution is 0.405. The number of benzene rings is 1. The maximum Gasteiger partial charge on any atom is 0.123 e. The van der Waals surface area contributed by atoms with E-state index in [1.165, 1.54) is 30.4 Å². The maximum atomic E-state index is 13.2. The van der Waals surface area contributed by atoms with Crippen LogP contribution < -0.4 is 5.73 Å². The summed E-state index contributed by atoms with van der Waals surface area (Å²) in [6, 6.07) is 4.95. The largest absolute Gasteiger partial charge is 0.327 e. The predicted molar refractivity (Wildman–Crippen MR) is 80.4 cm³/mol. The van der Waals surface area contributed by atoms with E-state index in [0.29, 0.717) is 0 Å². The average molecular weight is 332 g/mol. The topological polar surface area (TPSA) is 26.0 Å². The molecule has 1 saturated heterocycles. The SMILES string of the molecule is NC(Cc1cc(F)ccc1Br)CC1CCSCC1. The standard InChI is InChI=1S/C14H19BrFNS/c15-14-2-1-12(16)8-11(14)9-13(17)7-10-3-5-18-6-4-10/h1-2,8,10,13H,3-7,9,17H2. The monoisotopic (exact) mass is 331 g/mol.